The van der Waals surface area contributed by atoms with Crippen LogP contribution >= 0.6 is 23.2 Å². The van der Waals surface area contributed by atoms with Crippen LogP contribution in [0.2, 0.25) is 5.02 Å². The van der Waals surface area contributed by atoms with Crippen molar-refractivity contribution in [3.63, 3.8) is 0 Å². The lowest BCUT2D eigenvalue weighted by molar-refractivity contribution is -0.116. The van der Waals surface area contributed by atoms with Crippen LogP contribution in [0.25, 0.3) is 0 Å². The summed E-state index contributed by atoms with van der Waals surface area (Å²) in [4.78, 5) is 11.0. The molecule has 0 aliphatic rings. The van der Waals surface area contributed by atoms with Gasteiger partial charge in [-0.05, 0) is 25.0 Å². The molecule has 70 valence electrons. The van der Waals surface area contributed by atoms with Crippen LogP contribution in [-0.4, -0.2) is 5.78 Å². The third kappa shape index (κ3) is 2.23. The van der Waals surface area contributed by atoms with Crippen molar-refractivity contribution in [2.45, 2.75) is 19.2 Å². The Morgan fingerprint density at radius 1 is 1.46 bits per heavy atom. The van der Waals surface area contributed by atoms with E-state index in [0.717, 1.165) is 5.56 Å². The summed E-state index contributed by atoms with van der Waals surface area (Å²) in [5.74, 6) is -0.0887. The molecule has 0 aliphatic heterocycles. The molecule has 1 aromatic carbocycles. The topological polar surface area (TPSA) is 17.1 Å². The minimum Gasteiger partial charge on any atom is -0.298 e. The molecule has 0 saturated carbocycles. The smallest absolute Gasteiger partial charge is 0.152 e. The van der Waals surface area contributed by atoms with E-state index in [1.807, 2.05) is 19.1 Å². The van der Waals surface area contributed by atoms with Crippen molar-refractivity contribution in [1.29, 1.82) is 0 Å². The van der Waals surface area contributed by atoms with Crippen molar-refractivity contribution < 1.29 is 4.79 Å². The van der Waals surface area contributed by atoms with E-state index in [1.54, 1.807) is 6.07 Å². The molecule has 0 fully saturated rings. The molecule has 0 amide bonds. The molecule has 1 aromatic rings. The second-order valence-electron chi connectivity index (χ2n) is 2.95. The lowest BCUT2D eigenvalue weighted by Crippen LogP contribution is -2.02. The zero-order valence-corrected chi connectivity index (χ0v) is 8.99. The van der Waals surface area contributed by atoms with E-state index < -0.39 is 5.38 Å². The first-order chi connectivity index (χ1) is 6.04. The van der Waals surface area contributed by atoms with E-state index >= 15 is 0 Å². The van der Waals surface area contributed by atoms with Gasteiger partial charge in [-0.25, -0.2) is 0 Å². The molecule has 0 radical (unpaired) electrons. The predicted octanol–water partition coefficient (Wildman–Crippen LogP) is 3.52. The average molecular weight is 217 g/mol. The van der Waals surface area contributed by atoms with Crippen LogP contribution in [-0.2, 0) is 4.79 Å². The highest BCUT2D eigenvalue weighted by molar-refractivity contribution is 6.36. The lowest BCUT2D eigenvalue weighted by atomic mass is 10.1. The van der Waals surface area contributed by atoms with Gasteiger partial charge >= 0.3 is 0 Å². The first kappa shape index (κ1) is 10.6. The van der Waals surface area contributed by atoms with E-state index in [2.05, 4.69) is 0 Å². The van der Waals surface area contributed by atoms with Gasteiger partial charge in [-0.1, -0.05) is 29.8 Å². The number of carbonyl (C=O) groups is 1. The number of halogens is 2. The Morgan fingerprint density at radius 2 is 2.08 bits per heavy atom. The van der Waals surface area contributed by atoms with Gasteiger partial charge in [0.05, 0.1) is 0 Å². The number of ketones is 1. The molecule has 0 aliphatic carbocycles. The molecule has 1 rings (SSSR count). The maximum absolute atomic E-state index is 11.0. The van der Waals surface area contributed by atoms with Crippen LogP contribution in [0.3, 0.4) is 0 Å². The minimum absolute atomic E-state index is 0.0887. The molecule has 3 heteroatoms. The summed E-state index contributed by atoms with van der Waals surface area (Å²) in [7, 11) is 0. The number of alkyl halides is 1. The number of hydrogen-bond donors (Lipinski definition) is 0. The van der Waals surface area contributed by atoms with Crippen LogP contribution in [0.15, 0.2) is 18.2 Å². The normalized spacial score (nSPS) is 12.6. The average Bonchev–Trinajstić information content (AvgIpc) is 2.08. The van der Waals surface area contributed by atoms with Crippen molar-refractivity contribution in [1.82, 2.24) is 0 Å². The zero-order valence-electron chi connectivity index (χ0n) is 7.47. The standard InChI is InChI=1S/C10H10Cl2O/c1-6-4-3-5-8(9(6)11)10(12)7(2)13/h3-5,10H,1-2H3. The molecule has 0 saturated heterocycles. The van der Waals surface area contributed by atoms with E-state index in [1.165, 1.54) is 6.92 Å². The Labute approximate surface area is 87.7 Å². The van der Waals surface area contributed by atoms with E-state index in [4.69, 9.17) is 23.2 Å². The summed E-state index contributed by atoms with van der Waals surface area (Å²) in [6.45, 7) is 3.34. The first-order valence-electron chi connectivity index (χ1n) is 3.93. The van der Waals surface area contributed by atoms with Crippen molar-refractivity contribution in [3.05, 3.63) is 34.3 Å². The molecule has 0 bridgehead atoms. The Bertz CT molecular complexity index is 334. The lowest BCUT2D eigenvalue weighted by Gasteiger charge is -2.09. The van der Waals surface area contributed by atoms with E-state index in [9.17, 15) is 4.79 Å². The van der Waals surface area contributed by atoms with Gasteiger partial charge in [0.1, 0.15) is 5.38 Å². The SMILES string of the molecule is CC(=O)C(Cl)c1cccc(C)c1Cl. The fraction of sp³-hybridized carbons (Fsp3) is 0.300. The molecular formula is C10H10Cl2O. The van der Waals surface area contributed by atoms with Gasteiger partial charge in [-0.15, -0.1) is 11.6 Å². The molecule has 1 unspecified atom stereocenters. The maximum atomic E-state index is 11.0. The Kier molecular flexibility index (Phi) is 3.34. The highest BCUT2D eigenvalue weighted by Crippen LogP contribution is 2.30. The molecule has 0 spiro atoms. The number of benzene rings is 1. The summed E-state index contributed by atoms with van der Waals surface area (Å²) >= 11 is 11.9. The molecule has 1 nitrogen and oxygen atoms in total. The van der Waals surface area contributed by atoms with Crippen molar-refractivity contribution in [2.24, 2.45) is 0 Å². The number of rotatable bonds is 2. The molecular weight excluding hydrogens is 207 g/mol. The third-order valence-electron chi connectivity index (χ3n) is 1.85. The molecule has 0 heterocycles. The first-order valence-corrected chi connectivity index (χ1v) is 4.75. The fourth-order valence-electron chi connectivity index (χ4n) is 1.08. The highest BCUT2D eigenvalue weighted by atomic mass is 35.5. The molecule has 13 heavy (non-hydrogen) atoms. The largest absolute Gasteiger partial charge is 0.298 e. The van der Waals surface area contributed by atoms with Crippen LogP contribution in [0.5, 0.6) is 0 Å². The summed E-state index contributed by atoms with van der Waals surface area (Å²) in [5, 5.41) is -0.0508. The molecule has 1 atom stereocenters. The Hall–Kier alpha value is -0.530. The third-order valence-corrected chi connectivity index (χ3v) is 2.91. The second-order valence-corrected chi connectivity index (χ2v) is 3.77. The number of hydrogen-bond acceptors (Lipinski definition) is 1. The van der Waals surface area contributed by atoms with E-state index in [0.29, 0.717) is 10.6 Å². The number of Topliss-reactive ketones (excluding diaryl/α,β-unsaturated/α-hetero) is 1. The highest BCUT2D eigenvalue weighted by Gasteiger charge is 2.16. The zero-order chi connectivity index (χ0) is 10.0. The van der Waals surface area contributed by atoms with Gasteiger partial charge in [0, 0.05) is 5.02 Å². The van der Waals surface area contributed by atoms with Crippen molar-refractivity contribution in [3.8, 4) is 0 Å². The monoisotopic (exact) mass is 216 g/mol. The quantitative estimate of drug-likeness (QED) is 0.692. The second kappa shape index (κ2) is 4.12. The summed E-state index contributed by atoms with van der Waals surface area (Å²) < 4.78 is 0. The van der Waals surface area contributed by atoms with Gasteiger partial charge < -0.3 is 0 Å². The summed E-state index contributed by atoms with van der Waals surface area (Å²) in [5.41, 5.74) is 1.63. The van der Waals surface area contributed by atoms with Gasteiger partial charge in [-0.3, -0.25) is 4.79 Å². The fourth-order valence-corrected chi connectivity index (χ4v) is 1.56. The Morgan fingerprint density at radius 3 is 2.62 bits per heavy atom. The summed E-state index contributed by atoms with van der Waals surface area (Å²) in [6.07, 6.45) is 0. The number of carbonyl (C=O) groups excluding carboxylic acids is 1. The van der Waals surface area contributed by atoms with Crippen LogP contribution in [0, 0.1) is 6.92 Å². The van der Waals surface area contributed by atoms with Crippen molar-refractivity contribution >= 4 is 29.0 Å². The maximum Gasteiger partial charge on any atom is 0.152 e. The van der Waals surface area contributed by atoms with Gasteiger partial charge in [0.15, 0.2) is 5.78 Å². The molecule has 0 aromatic heterocycles. The van der Waals surface area contributed by atoms with Gasteiger partial charge in [0.2, 0.25) is 0 Å². The van der Waals surface area contributed by atoms with Crippen LogP contribution in [0.1, 0.15) is 23.4 Å². The van der Waals surface area contributed by atoms with Gasteiger partial charge in [-0.2, -0.15) is 0 Å². The summed E-state index contributed by atoms with van der Waals surface area (Å²) in [6, 6.07) is 5.50. The van der Waals surface area contributed by atoms with Crippen LogP contribution < -0.4 is 0 Å². The predicted molar refractivity (Wildman–Crippen MR) is 55.5 cm³/mol. The van der Waals surface area contributed by atoms with E-state index in [-0.39, 0.29) is 5.78 Å². The Balaban J connectivity index is 3.15. The van der Waals surface area contributed by atoms with Gasteiger partial charge in [0.25, 0.3) is 0 Å². The minimum atomic E-state index is -0.632. The number of aryl methyl sites for hydroxylation is 1. The van der Waals surface area contributed by atoms with Crippen molar-refractivity contribution in [2.75, 3.05) is 0 Å². The molecule has 0 N–H and O–H groups in total. The van der Waals surface area contributed by atoms with Crippen LogP contribution in [0.4, 0.5) is 0 Å².